The Morgan fingerprint density at radius 3 is 2.57 bits per heavy atom. The summed E-state index contributed by atoms with van der Waals surface area (Å²) in [6.45, 7) is 6.23. The molecule has 2 N–H and O–H groups in total. The fraction of sp³-hybridized carbons (Fsp3) is 0.938. The number of halogens is 1. The Balaban J connectivity index is 0.00000161. The molecular formula is C16H30ClN3O. The van der Waals surface area contributed by atoms with Crippen molar-refractivity contribution in [3.05, 3.63) is 0 Å². The highest BCUT2D eigenvalue weighted by atomic mass is 35.5. The Morgan fingerprint density at radius 1 is 1.14 bits per heavy atom. The molecular weight excluding hydrogens is 286 g/mol. The first-order chi connectivity index (χ1) is 9.84. The molecule has 3 rings (SSSR count). The molecule has 2 aliphatic carbocycles. The van der Waals surface area contributed by atoms with Crippen molar-refractivity contribution in [2.75, 3.05) is 39.3 Å². The lowest BCUT2D eigenvalue weighted by molar-refractivity contribution is -0.122. The first-order valence-corrected chi connectivity index (χ1v) is 8.55. The van der Waals surface area contributed by atoms with Crippen LogP contribution in [0.2, 0.25) is 0 Å². The number of nitrogens with zero attached hydrogens (tertiary/aromatic N) is 1. The molecule has 3 fully saturated rings. The maximum absolute atomic E-state index is 12.2. The van der Waals surface area contributed by atoms with Crippen molar-refractivity contribution in [2.45, 2.75) is 38.5 Å². The Kier molecular flexibility index (Phi) is 6.77. The minimum atomic E-state index is 0. The molecule has 0 aromatic rings. The van der Waals surface area contributed by atoms with E-state index in [0.717, 1.165) is 57.5 Å². The highest BCUT2D eigenvalue weighted by molar-refractivity contribution is 5.85. The van der Waals surface area contributed by atoms with Crippen LogP contribution in [-0.4, -0.2) is 50.1 Å². The van der Waals surface area contributed by atoms with Gasteiger partial charge in [0.05, 0.1) is 0 Å². The molecule has 0 bridgehead atoms. The second-order valence-corrected chi connectivity index (χ2v) is 6.79. The highest BCUT2D eigenvalue weighted by Gasteiger charge is 2.47. The molecule has 0 aromatic carbocycles. The van der Waals surface area contributed by atoms with Crippen molar-refractivity contribution in [1.29, 1.82) is 0 Å². The first kappa shape index (κ1) is 17.0. The normalized spacial score (nSPS) is 30.5. The molecule has 1 aliphatic heterocycles. The van der Waals surface area contributed by atoms with E-state index in [2.05, 4.69) is 15.5 Å². The number of rotatable bonds is 5. The number of nitrogens with one attached hydrogen (secondary N) is 2. The highest BCUT2D eigenvalue weighted by Crippen LogP contribution is 2.49. The third-order valence-corrected chi connectivity index (χ3v) is 5.37. The van der Waals surface area contributed by atoms with Gasteiger partial charge >= 0.3 is 0 Å². The van der Waals surface area contributed by atoms with Crippen molar-refractivity contribution in [1.82, 2.24) is 15.5 Å². The molecule has 2 atom stereocenters. The van der Waals surface area contributed by atoms with Crippen molar-refractivity contribution in [3.8, 4) is 0 Å². The third-order valence-electron chi connectivity index (χ3n) is 5.37. The SMILES string of the molecule is Cl.O=C(NCCN1CCNCC1)C1CC1C1CCCCC1. The number of amides is 1. The zero-order valence-corrected chi connectivity index (χ0v) is 13.8. The van der Waals surface area contributed by atoms with Crippen LogP contribution in [0.25, 0.3) is 0 Å². The summed E-state index contributed by atoms with van der Waals surface area (Å²) < 4.78 is 0. The van der Waals surface area contributed by atoms with Crippen LogP contribution in [0.15, 0.2) is 0 Å². The fourth-order valence-corrected chi connectivity index (χ4v) is 4.00. The lowest BCUT2D eigenvalue weighted by atomic mass is 9.85. The molecule has 1 saturated heterocycles. The molecule has 2 unspecified atom stereocenters. The van der Waals surface area contributed by atoms with E-state index in [4.69, 9.17) is 0 Å². The summed E-state index contributed by atoms with van der Waals surface area (Å²) >= 11 is 0. The van der Waals surface area contributed by atoms with Gasteiger partial charge in [-0.2, -0.15) is 0 Å². The number of carbonyl (C=O) groups excluding carboxylic acids is 1. The summed E-state index contributed by atoms with van der Waals surface area (Å²) in [5, 5.41) is 6.52. The molecule has 4 nitrogen and oxygen atoms in total. The average Bonchev–Trinajstić information content (AvgIpc) is 3.30. The third kappa shape index (κ3) is 4.83. The molecule has 0 aromatic heterocycles. The van der Waals surface area contributed by atoms with E-state index >= 15 is 0 Å². The molecule has 1 amide bonds. The zero-order valence-electron chi connectivity index (χ0n) is 13.0. The van der Waals surface area contributed by atoms with Crippen LogP contribution in [0.4, 0.5) is 0 Å². The number of carbonyl (C=O) groups is 1. The van der Waals surface area contributed by atoms with Crippen LogP contribution in [0.1, 0.15) is 38.5 Å². The summed E-state index contributed by atoms with van der Waals surface area (Å²) in [5.74, 6) is 2.25. The fourth-order valence-electron chi connectivity index (χ4n) is 4.00. The Bertz CT molecular complexity index is 327. The smallest absolute Gasteiger partial charge is 0.223 e. The molecule has 122 valence electrons. The van der Waals surface area contributed by atoms with Gasteiger partial charge in [-0.3, -0.25) is 9.69 Å². The zero-order chi connectivity index (χ0) is 13.8. The Hall–Kier alpha value is -0.320. The van der Waals surface area contributed by atoms with E-state index in [-0.39, 0.29) is 12.4 Å². The van der Waals surface area contributed by atoms with Gasteiger partial charge < -0.3 is 10.6 Å². The van der Waals surface area contributed by atoms with Crippen LogP contribution >= 0.6 is 12.4 Å². The van der Waals surface area contributed by atoms with E-state index in [1.54, 1.807) is 0 Å². The van der Waals surface area contributed by atoms with E-state index in [0.29, 0.717) is 11.8 Å². The van der Waals surface area contributed by atoms with Crippen LogP contribution in [0.5, 0.6) is 0 Å². The maximum Gasteiger partial charge on any atom is 0.223 e. The quantitative estimate of drug-likeness (QED) is 0.811. The Morgan fingerprint density at radius 2 is 1.86 bits per heavy atom. The molecule has 5 heteroatoms. The Labute approximate surface area is 134 Å². The number of hydrogen-bond donors (Lipinski definition) is 2. The van der Waals surface area contributed by atoms with Gasteiger partial charge in [-0.05, 0) is 18.3 Å². The van der Waals surface area contributed by atoms with E-state index in [1.165, 1.54) is 32.1 Å². The van der Waals surface area contributed by atoms with Gasteiger partial charge in [-0.1, -0.05) is 32.1 Å². The molecule has 0 spiro atoms. The maximum atomic E-state index is 12.2. The largest absolute Gasteiger partial charge is 0.355 e. The minimum absolute atomic E-state index is 0. The summed E-state index contributed by atoms with van der Waals surface area (Å²) in [6, 6.07) is 0. The summed E-state index contributed by atoms with van der Waals surface area (Å²) in [4.78, 5) is 14.6. The van der Waals surface area contributed by atoms with E-state index in [9.17, 15) is 4.79 Å². The summed E-state index contributed by atoms with van der Waals surface area (Å²) in [6.07, 6.45) is 8.08. The average molecular weight is 316 g/mol. The molecule has 21 heavy (non-hydrogen) atoms. The monoisotopic (exact) mass is 315 g/mol. The van der Waals surface area contributed by atoms with Gasteiger partial charge in [0.1, 0.15) is 0 Å². The first-order valence-electron chi connectivity index (χ1n) is 8.55. The lowest BCUT2D eigenvalue weighted by Gasteiger charge is -2.27. The minimum Gasteiger partial charge on any atom is -0.355 e. The van der Waals surface area contributed by atoms with Crippen LogP contribution < -0.4 is 10.6 Å². The second-order valence-electron chi connectivity index (χ2n) is 6.79. The number of piperazine rings is 1. The topological polar surface area (TPSA) is 44.4 Å². The van der Waals surface area contributed by atoms with Crippen molar-refractivity contribution >= 4 is 18.3 Å². The predicted octanol–water partition coefficient (Wildman–Crippen LogP) is 1.65. The van der Waals surface area contributed by atoms with Crippen molar-refractivity contribution in [3.63, 3.8) is 0 Å². The summed E-state index contributed by atoms with van der Waals surface area (Å²) in [7, 11) is 0. The molecule has 1 heterocycles. The van der Waals surface area contributed by atoms with Gasteiger partial charge in [-0.25, -0.2) is 0 Å². The standard InChI is InChI=1S/C16H29N3O.ClH/c20-16(18-8-11-19-9-6-17-7-10-19)15-12-14(15)13-4-2-1-3-5-13;/h13-15,17H,1-12H2,(H,18,20);1H. The molecule has 0 radical (unpaired) electrons. The van der Waals surface area contributed by atoms with E-state index in [1.807, 2.05) is 0 Å². The number of hydrogen-bond acceptors (Lipinski definition) is 3. The van der Waals surface area contributed by atoms with Crippen molar-refractivity contribution < 1.29 is 4.79 Å². The predicted molar refractivity (Wildman–Crippen MR) is 87.7 cm³/mol. The second kappa shape index (κ2) is 8.35. The lowest BCUT2D eigenvalue weighted by Crippen LogP contribution is -2.46. The van der Waals surface area contributed by atoms with E-state index < -0.39 is 0 Å². The van der Waals surface area contributed by atoms with Crippen LogP contribution in [0, 0.1) is 17.8 Å². The summed E-state index contributed by atoms with van der Waals surface area (Å²) in [5.41, 5.74) is 0. The molecule has 3 aliphatic rings. The van der Waals surface area contributed by atoms with Gasteiger partial charge in [0, 0.05) is 45.2 Å². The van der Waals surface area contributed by atoms with Crippen LogP contribution in [0.3, 0.4) is 0 Å². The van der Waals surface area contributed by atoms with Gasteiger partial charge in [-0.15, -0.1) is 12.4 Å². The molecule has 2 saturated carbocycles. The van der Waals surface area contributed by atoms with Gasteiger partial charge in [0.2, 0.25) is 5.91 Å². The van der Waals surface area contributed by atoms with Crippen molar-refractivity contribution in [2.24, 2.45) is 17.8 Å². The van der Waals surface area contributed by atoms with Gasteiger partial charge in [0.25, 0.3) is 0 Å². The van der Waals surface area contributed by atoms with Gasteiger partial charge in [0.15, 0.2) is 0 Å². The van der Waals surface area contributed by atoms with Crippen LogP contribution in [-0.2, 0) is 4.79 Å².